The summed E-state index contributed by atoms with van der Waals surface area (Å²) in [4.78, 5) is 22.9. The zero-order chi connectivity index (χ0) is 19.1. The van der Waals surface area contributed by atoms with Crippen LogP contribution in [0.5, 0.6) is 0 Å². The number of para-hydroxylation sites is 1. The summed E-state index contributed by atoms with van der Waals surface area (Å²) in [6.45, 7) is 0. The summed E-state index contributed by atoms with van der Waals surface area (Å²) in [5.41, 5.74) is -3.00. The first-order valence-electron chi connectivity index (χ1n) is 7.50. The molecule has 2 N–H and O–H groups in total. The first kappa shape index (κ1) is 17.8. The second-order valence-electron chi connectivity index (χ2n) is 5.82. The van der Waals surface area contributed by atoms with Crippen molar-refractivity contribution in [2.45, 2.75) is 25.1 Å². The molecule has 1 saturated carbocycles. The molecule has 0 atom stereocenters. The van der Waals surface area contributed by atoms with Gasteiger partial charge >= 0.3 is 12.1 Å². The maximum Gasteiger partial charge on any atom is 0.435 e. The fourth-order valence-corrected chi connectivity index (χ4v) is 2.67. The van der Waals surface area contributed by atoms with Gasteiger partial charge in [-0.2, -0.15) is 13.2 Å². The summed E-state index contributed by atoms with van der Waals surface area (Å²) in [6.07, 6.45) is -4.78. The second kappa shape index (κ2) is 6.39. The van der Waals surface area contributed by atoms with Gasteiger partial charge in [0, 0.05) is 6.04 Å². The second-order valence-corrected chi connectivity index (χ2v) is 5.82. The molecule has 7 nitrogen and oxygen atoms in total. The normalized spacial score (nSPS) is 19.7. The number of aromatic nitrogens is 3. The number of amides is 1. The molecule has 138 valence electrons. The third kappa shape index (κ3) is 3.24. The number of hydrogen-bond acceptors (Lipinski definition) is 4. The Morgan fingerprint density at radius 2 is 1.88 bits per heavy atom. The average Bonchev–Trinajstić information content (AvgIpc) is 2.95. The molecule has 26 heavy (non-hydrogen) atoms. The lowest BCUT2D eigenvalue weighted by atomic mass is 9.80. The maximum atomic E-state index is 13.8. The molecule has 1 heterocycles. The van der Waals surface area contributed by atoms with Gasteiger partial charge in [0.1, 0.15) is 11.5 Å². The van der Waals surface area contributed by atoms with Gasteiger partial charge in [0.2, 0.25) is 0 Å². The fourth-order valence-electron chi connectivity index (χ4n) is 2.67. The molecule has 0 saturated heterocycles. The average molecular weight is 372 g/mol. The number of alkyl halides is 3. The topological polar surface area (TPSA) is 97.1 Å². The Labute approximate surface area is 143 Å². The lowest BCUT2D eigenvalue weighted by Crippen LogP contribution is -2.47. The van der Waals surface area contributed by atoms with E-state index in [-0.39, 0.29) is 17.5 Å². The highest BCUT2D eigenvalue weighted by atomic mass is 19.4. The maximum absolute atomic E-state index is 13.8. The van der Waals surface area contributed by atoms with Crippen LogP contribution in [0.1, 0.15) is 29.0 Å². The highest BCUT2D eigenvalue weighted by Gasteiger charge is 2.43. The van der Waals surface area contributed by atoms with E-state index >= 15 is 0 Å². The van der Waals surface area contributed by atoms with Gasteiger partial charge in [0.05, 0.1) is 5.92 Å². The Morgan fingerprint density at radius 3 is 2.46 bits per heavy atom. The van der Waals surface area contributed by atoms with Gasteiger partial charge in [-0.3, -0.25) is 9.59 Å². The first-order chi connectivity index (χ1) is 12.2. The minimum Gasteiger partial charge on any atom is -0.481 e. The molecule has 1 fully saturated rings. The van der Waals surface area contributed by atoms with Crippen LogP contribution in [0.2, 0.25) is 0 Å². The zero-order valence-corrected chi connectivity index (χ0v) is 13.0. The van der Waals surface area contributed by atoms with Crippen LogP contribution in [0.4, 0.5) is 17.6 Å². The summed E-state index contributed by atoms with van der Waals surface area (Å²) in [5.74, 6) is -3.78. The number of nitrogens with one attached hydrogen (secondary N) is 1. The van der Waals surface area contributed by atoms with E-state index in [1.807, 2.05) is 0 Å². The smallest absolute Gasteiger partial charge is 0.435 e. The van der Waals surface area contributed by atoms with E-state index in [2.05, 4.69) is 15.6 Å². The van der Waals surface area contributed by atoms with Gasteiger partial charge in [-0.05, 0) is 25.0 Å². The van der Waals surface area contributed by atoms with Crippen LogP contribution in [0.3, 0.4) is 0 Å². The van der Waals surface area contributed by atoms with Crippen LogP contribution < -0.4 is 5.32 Å². The first-order valence-corrected chi connectivity index (χ1v) is 7.50. The molecule has 1 aromatic carbocycles. The van der Waals surface area contributed by atoms with E-state index in [9.17, 15) is 27.2 Å². The fraction of sp³-hybridized carbons (Fsp3) is 0.333. The van der Waals surface area contributed by atoms with E-state index in [1.165, 1.54) is 12.1 Å². The third-order valence-corrected chi connectivity index (χ3v) is 4.06. The van der Waals surface area contributed by atoms with E-state index < -0.39 is 52.9 Å². The number of nitrogens with zero attached hydrogens (tertiary/aromatic N) is 3. The number of halogens is 4. The Morgan fingerprint density at radius 1 is 1.23 bits per heavy atom. The summed E-state index contributed by atoms with van der Waals surface area (Å²) in [7, 11) is 0. The van der Waals surface area contributed by atoms with Crippen molar-refractivity contribution >= 4 is 11.9 Å². The largest absolute Gasteiger partial charge is 0.481 e. The monoisotopic (exact) mass is 372 g/mol. The van der Waals surface area contributed by atoms with Gasteiger partial charge in [-0.15, -0.1) is 5.10 Å². The Hall–Kier alpha value is -2.98. The molecule has 2 aromatic rings. The SMILES string of the molecule is O=C(NC1CC(C(=O)O)C1)c1nnn(-c2ccccc2F)c1C(F)(F)F. The highest BCUT2D eigenvalue weighted by Crippen LogP contribution is 2.34. The van der Waals surface area contributed by atoms with Crippen molar-refractivity contribution in [1.29, 1.82) is 0 Å². The lowest BCUT2D eigenvalue weighted by molar-refractivity contribution is -0.145. The number of carboxylic acids is 1. The van der Waals surface area contributed by atoms with Gasteiger partial charge in [0.15, 0.2) is 11.4 Å². The molecule has 1 amide bonds. The van der Waals surface area contributed by atoms with Crippen molar-refractivity contribution in [3.63, 3.8) is 0 Å². The van der Waals surface area contributed by atoms with Crippen molar-refractivity contribution in [2.75, 3.05) is 0 Å². The van der Waals surface area contributed by atoms with Gasteiger partial charge in [-0.25, -0.2) is 9.07 Å². The molecule has 1 aromatic heterocycles. The number of rotatable bonds is 4. The summed E-state index contributed by atoms with van der Waals surface area (Å²) in [6, 6.07) is 4.08. The molecule has 1 aliphatic rings. The summed E-state index contributed by atoms with van der Waals surface area (Å²) in [5, 5.41) is 17.6. The quantitative estimate of drug-likeness (QED) is 0.801. The van der Waals surface area contributed by atoms with Crippen molar-refractivity contribution in [2.24, 2.45) is 5.92 Å². The predicted molar refractivity (Wildman–Crippen MR) is 77.9 cm³/mol. The number of carbonyl (C=O) groups excluding carboxylic acids is 1. The summed E-state index contributed by atoms with van der Waals surface area (Å²) < 4.78 is 54.4. The zero-order valence-electron chi connectivity index (χ0n) is 13.0. The Kier molecular flexibility index (Phi) is 4.38. The standard InChI is InChI=1S/C15H12F4N4O3/c16-9-3-1-2-4-10(9)23-12(15(17,18)19)11(21-22-23)13(24)20-8-5-7(6-8)14(25)26/h1-4,7-8H,5-6H2,(H,20,24)(H,25,26). The Bertz CT molecular complexity index is 859. The van der Waals surface area contributed by atoms with Crippen LogP contribution in [0, 0.1) is 11.7 Å². The molecule has 0 unspecified atom stereocenters. The number of aliphatic carboxylic acids is 1. The molecule has 0 aliphatic heterocycles. The predicted octanol–water partition coefficient (Wildman–Crippen LogP) is 2.02. The van der Waals surface area contributed by atoms with E-state index in [0.717, 1.165) is 12.1 Å². The molecule has 0 radical (unpaired) electrons. The number of carboxylic acid groups (broad SMARTS) is 1. The van der Waals surface area contributed by atoms with Crippen LogP contribution in [0.15, 0.2) is 24.3 Å². The minimum atomic E-state index is -5.01. The highest BCUT2D eigenvalue weighted by molar-refractivity contribution is 5.94. The lowest BCUT2D eigenvalue weighted by Gasteiger charge is -2.32. The van der Waals surface area contributed by atoms with Crippen LogP contribution >= 0.6 is 0 Å². The molecule has 11 heteroatoms. The molecule has 0 spiro atoms. The van der Waals surface area contributed by atoms with E-state index in [4.69, 9.17) is 5.11 Å². The molecule has 3 rings (SSSR count). The van der Waals surface area contributed by atoms with Crippen molar-refractivity contribution < 1.29 is 32.3 Å². The van der Waals surface area contributed by atoms with Gasteiger partial charge in [-0.1, -0.05) is 17.3 Å². The molecular formula is C15H12F4N4O3. The van der Waals surface area contributed by atoms with E-state index in [1.54, 1.807) is 0 Å². The molecule has 1 aliphatic carbocycles. The Balaban J connectivity index is 1.90. The van der Waals surface area contributed by atoms with Crippen molar-refractivity contribution in [3.05, 3.63) is 41.5 Å². The van der Waals surface area contributed by atoms with E-state index in [0.29, 0.717) is 0 Å². The summed E-state index contributed by atoms with van der Waals surface area (Å²) >= 11 is 0. The third-order valence-electron chi connectivity index (χ3n) is 4.06. The van der Waals surface area contributed by atoms with Crippen LogP contribution in [0.25, 0.3) is 5.69 Å². The van der Waals surface area contributed by atoms with Crippen LogP contribution in [-0.2, 0) is 11.0 Å². The van der Waals surface area contributed by atoms with Crippen LogP contribution in [-0.4, -0.2) is 38.0 Å². The minimum absolute atomic E-state index is 0.115. The number of carbonyl (C=O) groups is 2. The van der Waals surface area contributed by atoms with Gasteiger partial charge in [0.25, 0.3) is 5.91 Å². The van der Waals surface area contributed by atoms with Crippen molar-refractivity contribution in [1.82, 2.24) is 20.3 Å². The number of benzene rings is 1. The molecule has 0 bridgehead atoms. The van der Waals surface area contributed by atoms with Crippen molar-refractivity contribution in [3.8, 4) is 5.69 Å². The number of hydrogen-bond donors (Lipinski definition) is 2. The molecular weight excluding hydrogens is 360 g/mol. The van der Waals surface area contributed by atoms with Gasteiger partial charge < -0.3 is 10.4 Å².